The summed E-state index contributed by atoms with van der Waals surface area (Å²) in [6.45, 7) is 0. The Morgan fingerprint density at radius 2 is 1.76 bits per heavy atom. The van der Waals surface area contributed by atoms with Crippen LogP contribution in [0, 0.1) is 0 Å². The normalized spacial score (nSPS) is 10.8. The Balaban J connectivity index is 1.84. The van der Waals surface area contributed by atoms with Gasteiger partial charge in [0.1, 0.15) is 0 Å². The van der Waals surface area contributed by atoms with Crippen LogP contribution in [0.2, 0.25) is 0 Å². The van der Waals surface area contributed by atoms with Gasteiger partial charge in [0.25, 0.3) is 0 Å². The van der Waals surface area contributed by atoms with E-state index in [1.165, 1.54) is 21.4 Å². The maximum Gasteiger partial charge on any atom is 0.0592 e. The van der Waals surface area contributed by atoms with Gasteiger partial charge in [0.05, 0.1) is 5.52 Å². The monoisotopic (exact) mass is 239 g/mol. The van der Waals surface area contributed by atoms with Gasteiger partial charge in [0, 0.05) is 22.2 Å². The number of benzene rings is 2. The van der Waals surface area contributed by atoms with Crippen molar-refractivity contribution in [3.05, 3.63) is 66.4 Å². The summed E-state index contributed by atoms with van der Waals surface area (Å²) >= 11 is 1.88. The summed E-state index contributed by atoms with van der Waals surface area (Å²) in [5, 5.41) is 1.28. The summed E-state index contributed by atoms with van der Waals surface area (Å²) in [7, 11) is 0. The highest BCUT2D eigenvalue weighted by atomic mass is 32.2. The lowest BCUT2D eigenvalue weighted by molar-refractivity contribution is 1.37. The highest BCUT2D eigenvalue weighted by Crippen LogP contribution is 2.29. The van der Waals surface area contributed by atoms with Crippen molar-refractivity contribution in [1.29, 1.82) is 0 Å². The fourth-order valence-electron chi connectivity index (χ4n) is 1.91. The zero-order valence-electron chi connectivity index (χ0n) is 9.39. The largest absolute Gasteiger partial charge is 0.360 e. The SMILES string of the molecule is c1ccc(CSc2cccc3cc[nH]c23)cc1. The van der Waals surface area contributed by atoms with E-state index < -0.39 is 0 Å². The molecule has 84 valence electrons. The molecule has 0 saturated heterocycles. The average molecular weight is 239 g/mol. The summed E-state index contributed by atoms with van der Waals surface area (Å²) < 4.78 is 0. The first-order chi connectivity index (χ1) is 8.43. The number of para-hydroxylation sites is 1. The predicted molar refractivity (Wildman–Crippen MR) is 74.3 cm³/mol. The summed E-state index contributed by atoms with van der Waals surface area (Å²) in [5.41, 5.74) is 2.61. The number of aromatic amines is 1. The number of thioether (sulfide) groups is 1. The molecule has 1 aromatic heterocycles. The molecule has 0 bridgehead atoms. The lowest BCUT2D eigenvalue weighted by Gasteiger charge is -2.03. The van der Waals surface area contributed by atoms with Gasteiger partial charge in [-0.1, -0.05) is 42.5 Å². The molecule has 0 saturated carbocycles. The first-order valence-electron chi connectivity index (χ1n) is 5.66. The second-order valence-corrected chi connectivity index (χ2v) is 4.99. The number of fused-ring (bicyclic) bond motifs is 1. The lowest BCUT2D eigenvalue weighted by Crippen LogP contribution is -1.80. The van der Waals surface area contributed by atoms with E-state index in [1.54, 1.807) is 0 Å². The maximum absolute atomic E-state index is 3.30. The second-order valence-electron chi connectivity index (χ2n) is 3.97. The molecular weight excluding hydrogens is 226 g/mol. The summed E-state index contributed by atoms with van der Waals surface area (Å²) in [6.07, 6.45) is 2.00. The van der Waals surface area contributed by atoms with Gasteiger partial charge in [0.2, 0.25) is 0 Å². The van der Waals surface area contributed by atoms with E-state index in [0.29, 0.717) is 0 Å². The van der Waals surface area contributed by atoms with Gasteiger partial charge >= 0.3 is 0 Å². The van der Waals surface area contributed by atoms with Crippen molar-refractivity contribution in [1.82, 2.24) is 4.98 Å². The van der Waals surface area contributed by atoms with Crippen molar-refractivity contribution in [2.75, 3.05) is 0 Å². The van der Waals surface area contributed by atoms with E-state index in [0.717, 1.165) is 5.75 Å². The first kappa shape index (κ1) is 10.5. The molecule has 1 heterocycles. The van der Waals surface area contributed by atoms with Crippen LogP contribution >= 0.6 is 11.8 Å². The fraction of sp³-hybridized carbons (Fsp3) is 0.0667. The topological polar surface area (TPSA) is 15.8 Å². The van der Waals surface area contributed by atoms with Gasteiger partial charge in [-0.25, -0.2) is 0 Å². The van der Waals surface area contributed by atoms with Gasteiger partial charge in [-0.15, -0.1) is 11.8 Å². The molecule has 1 N–H and O–H groups in total. The van der Waals surface area contributed by atoms with Crippen LogP contribution in [0.1, 0.15) is 5.56 Å². The Morgan fingerprint density at radius 3 is 2.65 bits per heavy atom. The van der Waals surface area contributed by atoms with Gasteiger partial charge in [-0.3, -0.25) is 0 Å². The summed E-state index contributed by atoms with van der Waals surface area (Å²) in [6, 6.07) is 19.1. The van der Waals surface area contributed by atoms with Gasteiger partial charge in [0.15, 0.2) is 0 Å². The maximum atomic E-state index is 3.30. The lowest BCUT2D eigenvalue weighted by atomic mass is 10.2. The first-order valence-corrected chi connectivity index (χ1v) is 6.65. The molecule has 1 nitrogen and oxygen atoms in total. The van der Waals surface area contributed by atoms with Crippen LogP contribution in [0.4, 0.5) is 0 Å². The zero-order valence-corrected chi connectivity index (χ0v) is 10.2. The van der Waals surface area contributed by atoms with Crippen LogP contribution in [-0.2, 0) is 5.75 Å². The number of nitrogens with one attached hydrogen (secondary N) is 1. The number of hydrogen-bond donors (Lipinski definition) is 1. The second kappa shape index (κ2) is 4.68. The predicted octanol–water partition coefficient (Wildman–Crippen LogP) is 4.46. The minimum Gasteiger partial charge on any atom is -0.360 e. The molecular formula is C15H13NS. The van der Waals surface area contributed by atoms with Gasteiger partial charge in [-0.2, -0.15) is 0 Å². The van der Waals surface area contributed by atoms with Crippen LogP contribution in [-0.4, -0.2) is 4.98 Å². The number of H-pyrrole nitrogens is 1. The van der Waals surface area contributed by atoms with Gasteiger partial charge in [-0.05, 0) is 17.7 Å². The van der Waals surface area contributed by atoms with Crippen LogP contribution in [0.5, 0.6) is 0 Å². The number of aromatic nitrogens is 1. The molecule has 2 aromatic carbocycles. The smallest absolute Gasteiger partial charge is 0.0592 e. The summed E-state index contributed by atoms with van der Waals surface area (Å²) in [4.78, 5) is 4.62. The number of rotatable bonds is 3. The molecule has 3 rings (SSSR count). The minimum absolute atomic E-state index is 1.01. The molecule has 0 unspecified atom stereocenters. The van der Waals surface area contributed by atoms with E-state index in [2.05, 4.69) is 59.6 Å². The van der Waals surface area contributed by atoms with E-state index in [4.69, 9.17) is 0 Å². The third-order valence-electron chi connectivity index (χ3n) is 2.79. The Kier molecular flexibility index (Phi) is 2.88. The molecule has 0 atom stereocenters. The molecule has 17 heavy (non-hydrogen) atoms. The van der Waals surface area contributed by atoms with Crippen molar-refractivity contribution in [2.24, 2.45) is 0 Å². The van der Waals surface area contributed by atoms with Crippen LogP contribution in [0.15, 0.2) is 65.7 Å². The molecule has 3 aromatic rings. The Hall–Kier alpha value is -1.67. The van der Waals surface area contributed by atoms with E-state index in [-0.39, 0.29) is 0 Å². The van der Waals surface area contributed by atoms with Crippen LogP contribution in [0.3, 0.4) is 0 Å². The van der Waals surface area contributed by atoms with E-state index in [9.17, 15) is 0 Å². The molecule has 0 aliphatic rings. The molecule has 0 radical (unpaired) electrons. The minimum atomic E-state index is 1.01. The van der Waals surface area contributed by atoms with E-state index >= 15 is 0 Å². The summed E-state index contributed by atoms with van der Waals surface area (Å²) in [5.74, 6) is 1.01. The van der Waals surface area contributed by atoms with E-state index in [1.807, 2.05) is 18.0 Å². The van der Waals surface area contributed by atoms with Gasteiger partial charge < -0.3 is 4.98 Å². The third kappa shape index (κ3) is 2.22. The fourth-order valence-corrected chi connectivity index (χ4v) is 2.92. The van der Waals surface area contributed by atoms with Crippen molar-refractivity contribution >= 4 is 22.7 Å². The molecule has 0 amide bonds. The molecule has 0 fully saturated rings. The number of hydrogen-bond acceptors (Lipinski definition) is 1. The molecule has 2 heteroatoms. The Bertz CT molecular complexity index is 613. The molecule has 0 spiro atoms. The Labute approximate surface area is 105 Å². The van der Waals surface area contributed by atoms with Crippen molar-refractivity contribution in [2.45, 2.75) is 10.6 Å². The quantitative estimate of drug-likeness (QED) is 0.667. The zero-order chi connectivity index (χ0) is 11.5. The highest BCUT2D eigenvalue weighted by Gasteiger charge is 2.02. The van der Waals surface area contributed by atoms with Crippen molar-refractivity contribution in [3.8, 4) is 0 Å². The average Bonchev–Trinajstić information content (AvgIpc) is 2.86. The van der Waals surface area contributed by atoms with Crippen LogP contribution < -0.4 is 0 Å². The standard InChI is InChI=1S/C15H13NS/c1-2-5-12(6-3-1)11-17-14-8-4-7-13-9-10-16-15(13)14/h1-10,16H,11H2. The van der Waals surface area contributed by atoms with Crippen LogP contribution in [0.25, 0.3) is 10.9 Å². The van der Waals surface area contributed by atoms with Crippen molar-refractivity contribution < 1.29 is 0 Å². The molecule has 0 aliphatic heterocycles. The third-order valence-corrected chi connectivity index (χ3v) is 3.92. The van der Waals surface area contributed by atoms with Crippen molar-refractivity contribution in [3.63, 3.8) is 0 Å². The highest BCUT2D eigenvalue weighted by molar-refractivity contribution is 7.98. The molecule has 0 aliphatic carbocycles. The Morgan fingerprint density at radius 1 is 0.882 bits per heavy atom.